The summed E-state index contributed by atoms with van der Waals surface area (Å²) in [7, 11) is 0. The van der Waals surface area contributed by atoms with Gasteiger partial charge in [-0.3, -0.25) is 9.59 Å². The maximum absolute atomic E-state index is 12.1. The molecule has 3 aromatic carbocycles. The molecule has 42 heavy (non-hydrogen) atoms. The Kier molecular flexibility index (Phi) is 15.2. The van der Waals surface area contributed by atoms with Crippen LogP contribution in [0.15, 0.2) is 72.8 Å². The van der Waals surface area contributed by atoms with Crippen LogP contribution >= 0.6 is 23.2 Å². The molecular weight excluding hydrogens is 583 g/mol. The first-order chi connectivity index (χ1) is 20.1. The van der Waals surface area contributed by atoms with Gasteiger partial charge < -0.3 is 29.5 Å². The number of ether oxygens (including phenoxy) is 3. The first-order valence-corrected chi connectivity index (χ1v) is 14.2. The van der Waals surface area contributed by atoms with Gasteiger partial charge in [0.2, 0.25) is 0 Å². The van der Waals surface area contributed by atoms with E-state index < -0.39 is 11.9 Å². The van der Waals surface area contributed by atoms with Gasteiger partial charge in [-0.25, -0.2) is 4.79 Å². The number of nitrogens with zero attached hydrogens (tertiary/aromatic N) is 1. The van der Waals surface area contributed by atoms with Crippen molar-refractivity contribution < 1.29 is 33.7 Å². The highest BCUT2D eigenvalue weighted by Gasteiger charge is 2.11. The lowest BCUT2D eigenvalue weighted by atomic mass is 10.2. The van der Waals surface area contributed by atoms with Crippen molar-refractivity contribution in [1.82, 2.24) is 4.90 Å². The first kappa shape index (κ1) is 34.4. The molecule has 9 nitrogen and oxygen atoms in total. The standard InChI is InChI=1S/C21H25ClN2O4.C10H11ClO3/c1-3-24(4-2)13-14-27-21(26)16-5-9-18(10-6-16)23-20(25)15-28-19-11-7-17(22)8-12-19;1-7(10(12)13)6-14-9-4-2-8(11)3-5-9/h5-12H,3-4,13-15H2,1-2H3,(H,23,25);2-5,7H,6H2,1H3,(H,12,13). The van der Waals surface area contributed by atoms with Gasteiger partial charge in [-0.2, -0.15) is 0 Å². The monoisotopic (exact) mass is 618 g/mol. The second-order valence-electron chi connectivity index (χ2n) is 9.04. The molecule has 0 aliphatic carbocycles. The number of amides is 1. The van der Waals surface area contributed by atoms with Gasteiger partial charge in [0, 0.05) is 22.3 Å². The van der Waals surface area contributed by atoms with Crippen LogP contribution < -0.4 is 14.8 Å². The number of benzene rings is 3. The molecule has 0 aliphatic rings. The number of hydrogen-bond acceptors (Lipinski definition) is 7. The summed E-state index contributed by atoms with van der Waals surface area (Å²) in [5.74, 6) is -0.866. The highest BCUT2D eigenvalue weighted by Crippen LogP contribution is 2.17. The number of carbonyl (C=O) groups is 3. The van der Waals surface area contributed by atoms with Gasteiger partial charge in [0.1, 0.15) is 24.7 Å². The van der Waals surface area contributed by atoms with Gasteiger partial charge in [0.25, 0.3) is 5.91 Å². The van der Waals surface area contributed by atoms with Crippen LogP contribution in [0.4, 0.5) is 5.69 Å². The molecule has 1 unspecified atom stereocenters. The predicted molar refractivity (Wildman–Crippen MR) is 164 cm³/mol. The third-order valence-electron chi connectivity index (χ3n) is 5.86. The number of likely N-dealkylation sites (N-methyl/N-ethyl adjacent to an activating group) is 1. The van der Waals surface area contributed by atoms with Crippen molar-refractivity contribution in [2.24, 2.45) is 5.92 Å². The Morgan fingerprint density at radius 1 is 0.833 bits per heavy atom. The molecule has 1 atom stereocenters. The average molecular weight is 620 g/mol. The number of hydrogen-bond donors (Lipinski definition) is 2. The zero-order chi connectivity index (χ0) is 30.9. The van der Waals surface area contributed by atoms with Gasteiger partial charge >= 0.3 is 11.9 Å². The molecular formula is C31H36Cl2N2O7. The molecule has 11 heteroatoms. The number of halogens is 2. The second kappa shape index (κ2) is 18.6. The third kappa shape index (κ3) is 13.2. The molecule has 226 valence electrons. The largest absolute Gasteiger partial charge is 0.493 e. The highest BCUT2D eigenvalue weighted by atomic mass is 35.5. The van der Waals surface area contributed by atoms with E-state index in [-0.39, 0.29) is 25.1 Å². The molecule has 3 rings (SSSR count). The van der Waals surface area contributed by atoms with Gasteiger partial charge in [-0.1, -0.05) is 37.0 Å². The Balaban J connectivity index is 0.000000369. The lowest BCUT2D eigenvalue weighted by Gasteiger charge is -2.17. The van der Waals surface area contributed by atoms with Crippen molar-refractivity contribution in [3.05, 3.63) is 88.4 Å². The number of carboxylic acid groups (broad SMARTS) is 1. The molecule has 0 spiro atoms. The molecule has 0 fully saturated rings. The van der Waals surface area contributed by atoms with Gasteiger partial charge in [0.15, 0.2) is 6.61 Å². The van der Waals surface area contributed by atoms with E-state index in [9.17, 15) is 14.4 Å². The Hall–Kier alpha value is -3.79. The smallest absolute Gasteiger partial charge is 0.338 e. The van der Waals surface area contributed by atoms with Crippen LogP contribution in [0.3, 0.4) is 0 Å². The van der Waals surface area contributed by atoms with E-state index in [0.29, 0.717) is 45.9 Å². The number of aliphatic carboxylic acids is 1. The molecule has 0 bridgehead atoms. The van der Waals surface area contributed by atoms with E-state index in [1.807, 2.05) is 0 Å². The van der Waals surface area contributed by atoms with Crippen molar-refractivity contribution in [3.63, 3.8) is 0 Å². The SMILES string of the molecule is CC(COc1ccc(Cl)cc1)C(=O)O.CCN(CC)CCOC(=O)c1ccc(NC(=O)COc2ccc(Cl)cc2)cc1. The number of rotatable bonds is 14. The summed E-state index contributed by atoms with van der Waals surface area (Å²) in [6.45, 7) is 8.67. The molecule has 0 aromatic heterocycles. The zero-order valence-electron chi connectivity index (χ0n) is 23.8. The lowest BCUT2D eigenvalue weighted by molar-refractivity contribution is -0.142. The van der Waals surface area contributed by atoms with Crippen LogP contribution in [0.5, 0.6) is 11.5 Å². The van der Waals surface area contributed by atoms with E-state index in [2.05, 4.69) is 24.1 Å². The van der Waals surface area contributed by atoms with E-state index >= 15 is 0 Å². The zero-order valence-corrected chi connectivity index (χ0v) is 25.4. The van der Waals surface area contributed by atoms with Gasteiger partial charge in [-0.15, -0.1) is 0 Å². The van der Waals surface area contributed by atoms with Crippen molar-refractivity contribution >= 4 is 46.7 Å². The summed E-state index contributed by atoms with van der Waals surface area (Å²) < 4.78 is 15.9. The van der Waals surface area contributed by atoms with Crippen LogP contribution in [0.2, 0.25) is 10.0 Å². The van der Waals surface area contributed by atoms with Crippen LogP contribution in [0.25, 0.3) is 0 Å². The topological polar surface area (TPSA) is 114 Å². The Bertz CT molecular complexity index is 1250. The van der Waals surface area contributed by atoms with Crippen molar-refractivity contribution in [3.8, 4) is 11.5 Å². The number of carboxylic acids is 1. The van der Waals surface area contributed by atoms with Crippen molar-refractivity contribution in [2.45, 2.75) is 20.8 Å². The van der Waals surface area contributed by atoms with E-state index in [4.69, 9.17) is 42.5 Å². The average Bonchev–Trinajstić information content (AvgIpc) is 2.99. The second-order valence-corrected chi connectivity index (χ2v) is 9.91. The maximum Gasteiger partial charge on any atom is 0.338 e. The first-order valence-electron chi connectivity index (χ1n) is 13.4. The minimum absolute atomic E-state index is 0.128. The highest BCUT2D eigenvalue weighted by molar-refractivity contribution is 6.30. The Labute approximate surface area is 256 Å². The van der Waals surface area contributed by atoms with Gasteiger partial charge in [0.05, 0.1) is 11.5 Å². The molecule has 2 N–H and O–H groups in total. The number of esters is 1. The van der Waals surface area contributed by atoms with Crippen LogP contribution in [0.1, 0.15) is 31.1 Å². The summed E-state index contributed by atoms with van der Waals surface area (Å²) in [5, 5.41) is 12.5. The van der Waals surface area contributed by atoms with Crippen molar-refractivity contribution in [1.29, 1.82) is 0 Å². The normalized spacial score (nSPS) is 11.1. The summed E-state index contributed by atoms with van der Waals surface area (Å²) in [4.78, 5) is 36.7. The quantitative estimate of drug-likeness (QED) is 0.202. The Morgan fingerprint density at radius 3 is 1.86 bits per heavy atom. The summed E-state index contributed by atoms with van der Waals surface area (Å²) in [6.07, 6.45) is 0. The third-order valence-corrected chi connectivity index (χ3v) is 6.36. The fourth-order valence-electron chi connectivity index (χ4n) is 3.28. The molecule has 0 aliphatic heterocycles. The lowest BCUT2D eigenvalue weighted by Crippen LogP contribution is -2.27. The molecule has 3 aromatic rings. The minimum Gasteiger partial charge on any atom is -0.493 e. The van der Waals surface area contributed by atoms with E-state index in [0.717, 1.165) is 13.1 Å². The van der Waals surface area contributed by atoms with Crippen LogP contribution in [0, 0.1) is 5.92 Å². The van der Waals surface area contributed by atoms with E-state index in [1.54, 1.807) is 79.7 Å². The van der Waals surface area contributed by atoms with Crippen molar-refractivity contribution in [2.75, 3.05) is 44.8 Å². The predicted octanol–water partition coefficient (Wildman–Crippen LogP) is 6.30. The number of anilines is 1. The molecule has 1 amide bonds. The van der Waals surface area contributed by atoms with Crippen LogP contribution in [-0.4, -0.2) is 67.3 Å². The van der Waals surface area contributed by atoms with Gasteiger partial charge in [-0.05, 0) is 92.8 Å². The molecule has 0 heterocycles. The molecule has 0 saturated heterocycles. The van der Waals surface area contributed by atoms with Crippen LogP contribution in [-0.2, 0) is 14.3 Å². The minimum atomic E-state index is -0.862. The molecule has 0 saturated carbocycles. The maximum atomic E-state index is 12.1. The summed E-state index contributed by atoms with van der Waals surface area (Å²) in [5.41, 5.74) is 1.01. The fourth-order valence-corrected chi connectivity index (χ4v) is 3.53. The number of nitrogens with one attached hydrogen (secondary N) is 1. The summed E-state index contributed by atoms with van der Waals surface area (Å²) >= 11 is 11.5. The van der Waals surface area contributed by atoms with E-state index in [1.165, 1.54) is 0 Å². The molecule has 0 radical (unpaired) electrons. The fraction of sp³-hybridized carbons (Fsp3) is 0.323. The summed E-state index contributed by atoms with van der Waals surface area (Å²) in [6, 6.07) is 20.1. The Morgan fingerprint density at radius 2 is 1.36 bits per heavy atom. The number of carbonyl (C=O) groups excluding carboxylic acids is 2.